The molecule has 0 spiro atoms. The number of hydrogen-bond acceptors (Lipinski definition) is 3. The summed E-state index contributed by atoms with van der Waals surface area (Å²) >= 11 is 0. The van der Waals surface area contributed by atoms with Crippen molar-refractivity contribution in [2.45, 2.75) is 103 Å². The molecule has 1 saturated heterocycles. The molecule has 0 radical (unpaired) electrons. The number of benzene rings is 2. The van der Waals surface area contributed by atoms with Crippen molar-refractivity contribution in [1.29, 1.82) is 0 Å². The average molecular weight is 504 g/mol. The Labute approximate surface area is 223 Å². The summed E-state index contributed by atoms with van der Waals surface area (Å²) in [4.78, 5) is 15.3. The van der Waals surface area contributed by atoms with Crippen molar-refractivity contribution in [3.8, 4) is 5.75 Å². The first-order chi connectivity index (χ1) is 18.1. The van der Waals surface area contributed by atoms with Gasteiger partial charge in [-0.25, -0.2) is 4.79 Å². The molecule has 4 nitrogen and oxygen atoms in total. The van der Waals surface area contributed by atoms with E-state index in [1.165, 1.54) is 62.5 Å². The lowest BCUT2D eigenvalue weighted by molar-refractivity contribution is -0.0137. The van der Waals surface area contributed by atoms with Crippen LogP contribution in [0.2, 0.25) is 0 Å². The number of fused-ring (bicyclic) bond motifs is 1. The second kappa shape index (κ2) is 11.9. The Balaban J connectivity index is 1.29. The highest BCUT2D eigenvalue weighted by Crippen LogP contribution is 2.56. The summed E-state index contributed by atoms with van der Waals surface area (Å²) in [5.74, 6) is 2.32. The average Bonchev–Trinajstić information content (AvgIpc) is 2.94. The summed E-state index contributed by atoms with van der Waals surface area (Å²) in [7, 11) is 0. The third-order valence-corrected chi connectivity index (χ3v) is 9.59. The molecule has 1 heterocycles. The molecule has 0 aromatic heterocycles. The summed E-state index contributed by atoms with van der Waals surface area (Å²) < 4.78 is 12.2. The van der Waals surface area contributed by atoms with Crippen molar-refractivity contribution in [2.24, 2.45) is 11.8 Å². The van der Waals surface area contributed by atoms with Gasteiger partial charge in [0, 0.05) is 18.0 Å². The highest BCUT2D eigenvalue weighted by molar-refractivity contribution is 5.69. The Hall–Kier alpha value is -2.49. The van der Waals surface area contributed by atoms with Crippen LogP contribution in [0.25, 0.3) is 0 Å². The van der Waals surface area contributed by atoms with Crippen molar-refractivity contribution in [1.82, 2.24) is 4.90 Å². The van der Waals surface area contributed by atoms with Crippen LogP contribution in [-0.2, 0) is 23.2 Å². The first-order valence-electron chi connectivity index (χ1n) is 14.9. The molecule has 2 fully saturated rings. The third-order valence-electron chi connectivity index (χ3n) is 9.59. The zero-order valence-corrected chi connectivity index (χ0v) is 22.9. The van der Waals surface area contributed by atoms with Crippen LogP contribution < -0.4 is 4.74 Å². The molecule has 5 rings (SSSR count). The number of ether oxygens (including phenoxy) is 2. The minimum atomic E-state index is -0.148. The van der Waals surface area contributed by atoms with Crippen LogP contribution in [0.5, 0.6) is 5.75 Å². The van der Waals surface area contributed by atoms with Crippen LogP contribution >= 0.6 is 0 Å². The number of amides is 1. The van der Waals surface area contributed by atoms with E-state index in [1.807, 2.05) is 30.3 Å². The summed E-state index contributed by atoms with van der Waals surface area (Å²) in [6, 6.07) is 17.1. The van der Waals surface area contributed by atoms with E-state index in [0.29, 0.717) is 12.5 Å². The number of carbonyl (C=O) groups excluding carboxylic acids is 1. The van der Waals surface area contributed by atoms with Crippen molar-refractivity contribution in [2.75, 3.05) is 13.2 Å². The lowest BCUT2D eigenvalue weighted by Gasteiger charge is -2.58. The van der Waals surface area contributed by atoms with E-state index in [1.54, 1.807) is 0 Å². The van der Waals surface area contributed by atoms with Crippen molar-refractivity contribution >= 4 is 6.09 Å². The van der Waals surface area contributed by atoms with E-state index >= 15 is 0 Å². The maximum absolute atomic E-state index is 13.3. The molecule has 0 N–H and O–H groups in total. The molecule has 2 bridgehead atoms. The summed E-state index contributed by atoms with van der Waals surface area (Å²) in [6.07, 6.45) is 13.1. The maximum atomic E-state index is 13.3. The Morgan fingerprint density at radius 3 is 2.76 bits per heavy atom. The molecule has 1 saturated carbocycles. The minimum absolute atomic E-state index is 0.148. The quantitative estimate of drug-likeness (QED) is 0.329. The third kappa shape index (κ3) is 5.54. The number of likely N-dealkylation sites (tertiary alicyclic amines) is 1. The van der Waals surface area contributed by atoms with E-state index in [9.17, 15) is 4.79 Å². The van der Waals surface area contributed by atoms with Gasteiger partial charge in [0.05, 0.1) is 6.61 Å². The SMILES string of the molecule is CCCCC(CC)CCOc1ccc2c(c1)[C@@]13CCCC[C@H]1[C@@H](C2)N(C(=O)OCc1ccccc1)CC3. The van der Waals surface area contributed by atoms with E-state index in [4.69, 9.17) is 9.47 Å². The fourth-order valence-corrected chi connectivity index (χ4v) is 7.49. The normalized spacial score (nSPS) is 25.1. The molecule has 1 amide bonds. The lowest BCUT2D eigenvalue weighted by atomic mass is 9.52. The second-order valence-corrected chi connectivity index (χ2v) is 11.6. The van der Waals surface area contributed by atoms with E-state index in [-0.39, 0.29) is 17.6 Å². The Morgan fingerprint density at radius 1 is 1.08 bits per heavy atom. The fourth-order valence-electron chi connectivity index (χ4n) is 7.49. The fraction of sp³-hybridized carbons (Fsp3) is 0.606. The molecule has 37 heavy (non-hydrogen) atoms. The molecular formula is C33H45NO3. The first kappa shape index (κ1) is 26.1. The van der Waals surface area contributed by atoms with Gasteiger partial charge in [-0.1, -0.05) is 88.8 Å². The molecule has 200 valence electrons. The van der Waals surface area contributed by atoms with E-state index in [2.05, 4.69) is 36.9 Å². The van der Waals surface area contributed by atoms with Gasteiger partial charge in [-0.15, -0.1) is 0 Å². The lowest BCUT2D eigenvalue weighted by Crippen LogP contribution is -2.62. The summed E-state index contributed by atoms with van der Waals surface area (Å²) in [5, 5.41) is 0. The van der Waals surface area contributed by atoms with Gasteiger partial charge in [-0.2, -0.15) is 0 Å². The molecule has 4 heteroatoms. The van der Waals surface area contributed by atoms with E-state index in [0.717, 1.165) is 49.6 Å². The smallest absolute Gasteiger partial charge is 0.410 e. The maximum Gasteiger partial charge on any atom is 0.410 e. The largest absolute Gasteiger partial charge is 0.494 e. The van der Waals surface area contributed by atoms with Crippen molar-refractivity contribution < 1.29 is 14.3 Å². The summed E-state index contributed by atoms with van der Waals surface area (Å²) in [5.41, 5.74) is 4.14. The number of piperidine rings is 1. The molecular weight excluding hydrogens is 458 g/mol. The summed E-state index contributed by atoms with van der Waals surface area (Å²) in [6.45, 7) is 6.52. The number of carbonyl (C=O) groups is 1. The van der Waals surface area contributed by atoms with Gasteiger partial charge in [0.1, 0.15) is 12.4 Å². The van der Waals surface area contributed by atoms with Gasteiger partial charge >= 0.3 is 6.09 Å². The van der Waals surface area contributed by atoms with Gasteiger partial charge in [0.25, 0.3) is 0 Å². The van der Waals surface area contributed by atoms with Gasteiger partial charge in [0.2, 0.25) is 0 Å². The first-order valence-corrected chi connectivity index (χ1v) is 14.9. The molecule has 3 aliphatic rings. The Bertz CT molecular complexity index is 1040. The molecule has 1 unspecified atom stereocenters. The zero-order chi connectivity index (χ0) is 25.7. The van der Waals surface area contributed by atoms with Gasteiger partial charge in [0.15, 0.2) is 0 Å². The van der Waals surface area contributed by atoms with Crippen LogP contribution in [0.1, 0.15) is 94.7 Å². The highest BCUT2D eigenvalue weighted by atomic mass is 16.6. The van der Waals surface area contributed by atoms with Gasteiger partial charge in [-0.05, 0) is 72.8 Å². The van der Waals surface area contributed by atoms with Crippen LogP contribution in [-0.4, -0.2) is 30.2 Å². The highest BCUT2D eigenvalue weighted by Gasteiger charge is 2.55. The van der Waals surface area contributed by atoms with Crippen molar-refractivity contribution in [3.63, 3.8) is 0 Å². The number of nitrogens with zero attached hydrogens (tertiary/aromatic N) is 1. The van der Waals surface area contributed by atoms with Crippen LogP contribution in [0, 0.1) is 11.8 Å². The number of rotatable bonds is 10. The number of hydrogen-bond donors (Lipinski definition) is 0. The standard InChI is InChI=1S/C33H45NO3/c1-3-5-11-25(4-2)17-21-36-28-16-15-27-22-31-29-14-9-10-18-33(29,30(27)23-28)19-20-34(31)32(35)37-24-26-12-7-6-8-13-26/h6-8,12-13,15-16,23,25,29,31H,3-5,9-11,14,17-22,24H2,1-2H3/t25?,29-,31+,33+/m0/s1. The monoisotopic (exact) mass is 503 g/mol. The molecule has 4 atom stereocenters. The second-order valence-electron chi connectivity index (χ2n) is 11.6. The molecule has 2 aliphatic carbocycles. The van der Waals surface area contributed by atoms with Gasteiger partial charge < -0.3 is 14.4 Å². The molecule has 2 aromatic carbocycles. The topological polar surface area (TPSA) is 38.8 Å². The zero-order valence-electron chi connectivity index (χ0n) is 22.9. The van der Waals surface area contributed by atoms with Crippen LogP contribution in [0.4, 0.5) is 4.79 Å². The molecule has 2 aromatic rings. The Kier molecular flexibility index (Phi) is 8.42. The molecule has 1 aliphatic heterocycles. The van der Waals surface area contributed by atoms with Crippen LogP contribution in [0.15, 0.2) is 48.5 Å². The van der Waals surface area contributed by atoms with Crippen molar-refractivity contribution in [3.05, 3.63) is 65.2 Å². The Morgan fingerprint density at radius 2 is 1.95 bits per heavy atom. The number of unbranched alkanes of at least 4 members (excludes halogenated alkanes) is 1. The minimum Gasteiger partial charge on any atom is -0.494 e. The van der Waals surface area contributed by atoms with Crippen LogP contribution in [0.3, 0.4) is 0 Å². The van der Waals surface area contributed by atoms with E-state index < -0.39 is 0 Å². The predicted octanol–water partition coefficient (Wildman–Crippen LogP) is 8.07. The predicted molar refractivity (Wildman–Crippen MR) is 149 cm³/mol. The van der Waals surface area contributed by atoms with Gasteiger partial charge in [-0.3, -0.25) is 0 Å².